The highest BCUT2D eigenvalue weighted by Crippen LogP contribution is 2.20. The van der Waals surface area contributed by atoms with Crippen molar-refractivity contribution in [2.45, 2.75) is 51.5 Å². The van der Waals surface area contributed by atoms with Crippen molar-refractivity contribution < 1.29 is 9.53 Å². The van der Waals surface area contributed by atoms with Gasteiger partial charge in [-0.1, -0.05) is 13.3 Å². The lowest BCUT2D eigenvalue weighted by molar-refractivity contribution is -0.146. The summed E-state index contributed by atoms with van der Waals surface area (Å²) in [5.74, 6) is 0.600. The fourth-order valence-corrected chi connectivity index (χ4v) is 2.62. The van der Waals surface area contributed by atoms with Crippen LogP contribution in [0.15, 0.2) is 0 Å². The first-order valence-corrected chi connectivity index (χ1v) is 7.09. The highest BCUT2D eigenvalue weighted by molar-refractivity contribution is 5.79. The van der Waals surface area contributed by atoms with Gasteiger partial charge in [-0.05, 0) is 58.2 Å². The fourth-order valence-electron chi connectivity index (χ4n) is 2.62. The number of nitrogens with zero attached hydrogens (tertiary/aromatic N) is 1. The summed E-state index contributed by atoms with van der Waals surface area (Å²) in [6.07, 6.45) is 5.57. The van der Waals surface area contributed by atoms with E-state index >= 15 is 0 Å². The minimum absolute atomic E-state index is 0.313. The molecule has 1 atom stereocenters. The average Bonchev–Trinajstić information content (AvgIpc) is 2.38. The molecule has 1 rings (SSSR count). The smallest absolute Gasteiger partial charge is 0.325 e. The third-order valence-corrected chi connectivity index (χ3v) is 4.11. The van der Waals surface area contributed by atoms with Gasteiger partial charge in [-0.15, -0.1) is 0 Å². The monoisotopic (exact) mass is 256 g/mol. The van der Waals surface area contributed by atoms with Gasteiger partial charge in [-0.2, -0.15) is 0 Å². The Morgan fingerprint density at radius 3 is 2.56 bits per heavy atom. The van der Waals surface area contributed by atoms with Crippen molar-refractivity contribution in [1.82, 2.24) is 4.90 Å². The Bertz CT molecular complexity index is 259. The van der Waals surface area contributed by atoms with Crippen molar-refractivity contribution in [3.8, 4) is 0 Å². The molecule has 1 aliphatic heterocycles. The van der Waals surface area contributed by atoms with Crippen LogP contribution in [0.1, 0.15) is 46.0 Å². The Balaban J connectivity index is 2.20. The van der Waals surface area contributed by atoms with Crippen molar-refractivity contribution in [1.29, 1.82) is 0 Å². The molecule has 0 radical (unpaired) electrons. The van der Waals surface area contributed by atoms with Gasteiger partial charge in [0.05, 0.1) is 7.11 Å². The van der Waals surface area contributed by atoms with E-state index in [0.29, 0.717) is 6.42 Å². The molecule has 4 heteroatoms. The van der Waals surface area contributed by atoms with Gasteiger partial charge in [-0.25, -0.2) is 0 Å². The van der Waals surface area contributed by atoms with Crippen LogP contribution in [-0.2, 0) is 9.53 Å². The molecular formula is C14H28N2O2. The molecule has 4 nitrogen and oxygen atoms in total. The minimum atomic E-state index is -0.837. The topological polar surface area (TPSA) is 55.6 Å². The van der Waals surface area contributed by atoms with E-state index in [1.807, 2.05) is 0 Å². The van der Waals surface area contributed by atoms with Gasteiger partial charge in [0.25, 0.3) is 0 Å². The summed E-state index contributed by atoms with van der Waals surface area (Å²) >= 11 is 0. The second kappa shape index (κ2) is 7.10. The fraction of sp³-hybridized carbons (Fsp3) is 0.929. The van der Waals surface area contributed by atoms with Gasteiger partial charge in [0, 0.05) is 0 Å². The number of ether oxygens (including phenoxy) is 1. The number of methoxy groups -OCH3 is 1. The van der Waals surface area contributed by atoms with Crippen molar-refractivity contribution in [3.05, 3.63) is 0 Å². The zero-order chi connectivity index (χ0) is 13.6. The summed E-state index contributed by atoms with van der Waals surface area (Å²) in [4.78, 5) is 13.9. The van der Waals surface area contributed by atoms with Crippen LogP contribution in [0, 0.1) is 5.92 Å². The Hall–Kier alpha value is -0.610. The molecule has 0 bridgehead atoms. The van der Waals surface area contributed by atoms with Crippen LogP contribution >= 0.6 is 0 Å². The predicted octanol–water partition coefficient (Wildman–Crippen LogP) is 1.78. The molecule has 0 aromatic carbocycles. The van der Waals surface area contributed by atoms with Crippen LogP contribution < -0.4 is 5.73 Å². The summed E-state index contributed by atoms with van der Waals surface area (Å²) < 4.78 is 4.71. The molecule has 0 aromatic heterocycles. The number of piperidine rings is 1. The Morgan fingerprint density at radius 1 is 1.44 bits per heavy atom. The van der Waals surface area contributed by atoms with E-state index in [9.17, 15) is 4.79 Å². The van der Waals surface area contributed by atoms with Gasteiger partial charge in [-0.3, -0.25) is 4.79 Å². The van der Waals surface area contributed by atoms with Gasteiger partial charge >= 0.3 is 5.97 Å². The average molecular weight is 256 g/mol. The lowest BCUT2D eigenvalue weighted by atomic mass is 9.93. The second-order valence-electron chi connectivity index (χ2n) is 5.71. The molecule has 1 unspecified atom stereocenters. The van der Waals surface area contributed by atoms with Crippen molar-refractivity contribution in [2.24, 2.45) is 11.7 Å². The van der Waals surface area contributed by atoms with Crippen LogP contribution in [-0.4, -0.2) is 43.2 Å². The molecule has 18 heavy (non-hydrogen) atoms. The summed E-state index contributed by atoms with van der Waals surface area (Å²) in [6, 6.07) is 0. The molecule has 1 saturated heterocycles. The third kappa shape index (κ3) is 4.58. The molecule has 0 aromatic rings. The number of carbonyl (C=O) groups excluding carboxylic acids is 1. The number of esters is 1. The maximum absolute atomic E-state index is 11.4. The number of likely N-dealkylation sites (tertiary alicyclic amines) is 1. The Labute approximate surface area is 111 Å². The van der Waals surface area contributed by atoms with E-state index in [4.69, 9.17) is 10.5 Å². The number of hydrogen-bond donors (Lipinski definition) is 1. The molecule has 106 valence electrons. The lowest BCUT2D eigenvalue weighted by Crippen LogP contribution is -2.46. The maximum atomic E-state index is 11.4. The highest BCUT2D eigenvalue weighted by atomic mass is 16.5. The second-order valence-corrected chi connectivity index (χ2v) is 5.71. The van der Waals surface area contributed by atoms with Gasteiger partial charge in [0.2, 0.25) is 0 Å². The first kappa shape index (κ1) is 15.4. The van der Waals surface area contributed by atoms with Crippen LogP contribution in [0.3, 0.4) is 0 Å². The summed E-state index contributed by atoms with van der Waals surface area (Å²) in [5, 5.41) is 0. The van der Waals surface area contributed by atoms with E-state index in [1.54, 1.807) is 6.92 Å². The first-order valence-electron chi connectivity index (χ1n) is 7.09. The third-order valence-electron chi connectivity index (χ3n) is 4.11. The van der Waals surface area contributed by atoms with Gasteiger partial charge in [0.1, 0.15) is 5.54 Å². The molecule has 2 N–H and O–H groups in total. The quantitative estimate of drug-likeness (QED) is 0.736. The first-order chi connectivity index (χ1) is 8.49. The van der Waals surface area contributed by atoms with Crippen molar-refractivity contribution in [2.75, 3.05) is 26.7 Å². The zero-order valence-corrected chi connectivity index (χ0v) is 12.1. The Morgan fingerprint density at radius 2 is 2.06 bits per heavy atom. The summed E-state index contributed by atoms with van der Waals surface area (Å²) in [5.41, 5.74) is 5.10. The summed E-state index contributed by atoms with van der Waals surface area (Å²) in [6.45, 7) is 7.45. The SMILES string of the molecule is CCC1CCN(CCCC(C)(N)C(=O)OC)CC1. The molecule has 1 aliphatic rings. The van der Waals surface area contributed by atoms with Crippen LogP contribution in [0.2, 0.25) is 0 Å². The van der Waals surface area contributed by atoms with Crippen molar-refractivity contribution in [3.63, 3.8) is 0 Å². The minimum Gasteiger partial charge on any atom is -0.468 e. The molecule has 1 heterocycles. The maximum Gasteiger partial charge on any atom is 0.325 e. The van der Waals surface area contributed by atoms with E-state index in [1.165, 1.54) is 39.5 Å². The molecule has 0 amide bonds. The van der Waals surface area contributed by atoms with Crippen molar-refractivity contribution >= 4 is 5.97 Å². The van der Waals surface area contributed by atoms with Crippen LogP contribution in [0.5, 0.6) is 0 Å². The lowest BCUT2D eigenvalue weighted by Gasteiger charge is -2.32. The molecule has 0 saturated carbocycles. The number of nitrogens with two attached hydrogens (primary N) is 1. The summed E-state index contributed by atoms with van der Waals surface area (Å²) in [7, 11) is 1.39. The van der Waals surface area contributed by atoms with E-state index in [2.05, 4.69) is 11.8 Å². The van der Waals surface area contributed by atoms with Gasteiger partial charge < -0.3 is 15.4 Å². The Kier molecular flexibility index (Phi) is 6.09. The standard InChI is InChI=1S/C14H28N2O2/c1-4-12-6-10-16(11-7-12)9-5-8-14(2,15)13(17)18-3/h12H,4-11,15H2,1-3H3. The number of carbonyl (C=O) groups is 1. The van der Waals surface area contributed by atoms with E-state index in [0.717, 1.165) is 18.9 Å². The van der Waals surface area contributed by atoms with E-state index in [-0.39, 0.29) is 5.97 Å². The zero-order valence-electron chi connectivity index (χ0n) is 12.1. The molecule has 0 spiro atoms. The molecule has 0 aliphatic carbocycles. The van der Waals surface area contributed by atoms with Crippen LogP contribution in [0.4, 0.5) is 0 Å². The van der Waals surface area contributed by atoms with Crippen LogP contribution in [0.25, 0.3) is 0 Å². The highest BCUT2D eigenvalue weighted by Gasteiger charge is 2.29. The molecular weight excluding hydrogens is 228 g/mol. The number of rotatable bonds is 6. The van der Waals surface area contributed by atoms with Gasteiger partial charge in [0.15, 0.2) is 0 Å². The number of hydrogen-bond acceptors (Lipinski definition) is 4. The normalized spacial score (nSPS) is 21.6. The predicted molar refractivity (Wildman–Crippen MR) is 73.3 cm³/mol. The molecule has 1 fully saturated rings. The van der Waals surface area contributed by atoms with E-state index < -0.39 is 5.54 Å². The largest absolute Gasteiger partial charge is 0.468 e.